The summed E-state index contributed by atoms with van der Waals surface area (Å²) in [5, 5.41) is 3.82. The van der Waals surface area contributed by atoms with Gasteiger partial charge in [-0.1, -0.05) is 30.3 Å². The van der Waals surface area contributed by atoms with Crippen molar-refractivity contribution in [2.75, 3.05) is 14.2 Å². The van der Waals surface area contributed by atoms with Crippen LogP contribution < -0.4 is 20.5 Å². The van der Waals surface area contributed by atoms with E-state index in [1.165, 1.54) is 14.2 Å². The van der Waals surface area contributed by atoms with E-state index in [1.807, 2.05) is 30.3 Å². The van der Waals surface area contributed by atoms with Gasteiger partial charge in [-0.25, -0.2) is 0 Å². The molecule has 0 unspecified atom stereocenters. The van der Waals surface area contributed by atoms with Gasteiger partial charge in [0.1, 0.15) is 11.5 Å². The molecule has 0 heterocycles. The number of nitrogens with one attached hydrogen (secondary N) is 1. The average Bonchev–Trinajstić information content (AvgIpc) is 2.70. The van der Waals surface area contributed by atoms with E-state index < -0.39 is 5.91 Å². The summed E-state index contributed by atoms with van der Waals surface area (Å²) >= 11 is 0. The third kappa shape index (κ3) is 3.55. The van der Waals surface area contributed by atoms with Gasteiger partial charge in [-0.2, -0.15) is 0 Å². The molecule has 0 radical (unpaired) electrons. The molecule has 0 atom stereocenters. The average molecular weight is 364 g/mol. The van der Waals surface area contributed by atoms with Gasteiger partial charge in [0.25, 0.3) is 5.91 Å². The van der Waals surface area contributed by atoms with Crippen LogP contribution in [-0.2, 0) is 6.54 Å². The molecule has 0 aromatic heterocycles. The van der Waals surface area contributed by atoms with Crippen molar-refractivity contribution >= 4 is 22.6 Å². The van der Waals surface area contributed by atoms with E-state index in [-0.39, 0.29) is 11.5 Å². The lowest BCUT2D eigenvalue weighted by atomic mass is 9.96. The Morgan fingerprint density at radius 1 is 0.852 bits per heavy atom. The second-order valence-electron chi connectivity index (χ2n) is 5.91. The van der Waals surface area contributed by atoms with E-state index in [0.29, 0.717) is 34.4 Å². The standard InChI is InChI=1S/C21H20N2O4/c1-26-16-10-8-14(20(22)24)18-15(9-11-17(27-2)19(16)18)21(25)23-12-13-6-4-3-5-7-13/h3-11H,12H2,1-2H3,(H2,22,24)(H,23,25). The van der Waals surface area contributed by atoms with Crippen LogP contribution in [0.15, 0.2) is 54.6 Å². The van der Waals surface area contributed by atoms with Gasteiger partial charge in [-0.15, -0.1) is 0 Å². The molecular weight excluding hydrogens is 344 g/mol. The summed E-state index contributed by atoms with van der Waals surface area (Å²) in [6, 6.07) is 16.0. The molecule has 3 aromatic rings. The van der Waals surface area contributed by atoms with Gasteiger partial charge in [0.15, 0.2) is 0 Å². The molecule has 6 heteroatoms. The van der Waals surface area contributed by atoms with E-state index >= 15 is 0 Å². The van der Waals surface area contributed by atoms with Crippen molar-refractivity contribution in [3.05, 3.63) is 71.3 Å². The van der Waals surface area contributed by atoms with Crippen LogP contribution in [-0.4, -0.2) is 26.0 Å². The van der Waals surface area contributed by atoms with Crippen LogP contribution in [0.1, 0.15) is 26.3 Å². The molecule has 0 fully saturated rings. The number of amides is 2. The molecule has 0 spiro atoms. The summed E-state index contributed by atoms with van der Waals surface area (Å²) in [6.45, 7) is 0.364. The first kappa shape index (κ1) is 18.3. The largest absolute Gasteiger partial charge is 0.496 e. The maximum atomic E-state index is 12.9. The van der Waals surface area contributed by atoms with Crippen molar-refractivity contribution in [2.24, 2.45) is 5.73 Å². The zero-order chi connectivity index (χ0) is 19.4. The zero-order valence-electron chi connectivity index (χ0n) is 15.1. The van der Waals surface area contributed by atoms with Gasteiger partial charge in [0.05, 0.1) is 19.6 Å². The molecule has 6 nitrogen and oxygen atoms in total. The first-order chi connectivity index (χ1) is 13.1. The van der Waals surface area contributed by atoms with Gasteiger partial charge >= 0.3 is 0 Å². The van der Waals surface area contributed by atoms with Gasteiger partial charge in [0.2, 0.25) is 5.91 Å². The quantitative estimate of drug-likeness (QED) is 0.704. The summed E-state index contributed by atoms with van der Waals surface area (Å²) < 4.78 is 10.8. The predicted octanol–water partition coefficient (Wildman–Crippen LogP) is 2.89. The number of carbonyl (C=O) groups excluding carboxylic acids is 2. The Bertz CT molecular complexity index is 990. The third-order valence-electron chi connectivity index (χ3n) is 4.33. The van der Waals surface area contributed by atoms with Crippen LogP contribution >= 0.6 is 0 Å². The molecule has 3 rings (SSSR count). The number of hydrogen-bond donors (Lipinski definition) is 2. The Morgan fingerprint density at radius 2 is 1.44 bits per heavy atom. The molecule has 0 aliphatic rings. The number of methoxy groups -OCH3 is 2. The second-order valence-corrected chi connectivity index (χ2v) is 5.91. The fourth-order valence-electron chi connectivity index (χ4n) is 3.04. The van der Waals surface area contributed by atoms with Gasteiger partial charge in [0, 0.05) is 23.1 Å². The van der Waals surface area contributed by atoms with Crippen molar-refractivity contribution in [3.8, 4) is 11.5 Å². The van der Waals surface area contributed by atoms with Crippen molar-refractivity contribution in [2.45, 2.75) is 6.54 Å². The summed E-state index contributed by atoms with van der Waals surface area (Å²) in [4.78, 5) is 24.8. The van der Waals surface area contributed by atoms with Crippen molar-refractivity contribution in [1.82, 2.24) is 5.32 Å². The Balaban J connectivity index is 2.12. The number of nitrogens with two attached hydrogens (primary N) is 1. The number of rotatable bonds is 6. The molecule has 0 bridgehead atoms. The second kappa shape index (κ2) is 7.78. The van der Waals surface area contributed by atoms with Crippen LogP contribution in [0.2, 0.25) is 0 Å². The molecule has 3 N–H and O–H groups in total. The summed E-state index contributed by atoms with van der Waals surface area (Å²) in [7, 11) is 3.03. The summed E-state index contributed by atoms with van der Waals surface area (Å²) in [6.07, 6.45) is 0. The Kier molecular flexibility index (Phi) is 5.26. The zero-order valence-corrected chi connectivity index (χ0v) is 15.1. The highest BCUT2D eigenvalue weighted by Crippen LogP contribution is 2.38. The molecule has 27 heavy (non-hydrogen) atoms. The van der Waals surface area contributed by atoms with Crippen molar-refractivity contribution < 1.29 is 19.1 Å². The fourth-order valence-corrected chi connectivity index (χ4v) is 3.04. The number of hydrogen-bond acceptors (Lipinski definition) is 4. The van der Waals surface area contributed by atoms with Crippen LogP contribution in [0.4, 0.5) is 0 Å². The maximum Gasteiger partial charge on any atom is 0.252 e. The lowest BCUT2D eigenvalue weighted by Crippen LogP contribution is -2.24. The number of ether oxygens (including phenoxy) is 2. The molecule has 2 amide bonds. The Labute approximate surface area is 156 Å². The molecule has 0 saturated heterocycles. The monoisotopic (exact) mass is 364 g/mol. The highest BCUT2D eigenvalue weighted by Gasteiger charge is 2.21. The normalized spacial score (nSPS) is 10.4. The highest BCUT2D eigenvalue weighted by atomic mass is 16.5. The van der Waals surface area contributed by atoms with E-state index in [1.54, 1.807) is 24.3 Å². The van der Waals surface area contributed by atoms with Crippen LogP contribution in [0.25, 0.3) is 10.8 Å². The lowest BCUT2D eigenvalue weighted by molar-refractivity contribution is 0.0952. The molecule has 0 aliphatic heterocycles. The number of fused-ring (bicyclic) bond motifs is 1. The fraction of sp³-hybridized carbons (Fsp3) is 0.143. The van der Waals surface area contributed by atoms with Gasteiger partial charge < -0.3 is 20.5 Å². The van der Waals surface area contributed by atoms with Crippen molar-refractivity contribution in [1.29, 1.82) is 0 Å². The predicted molar refractivity (Wildman–Crippen MR) is 103 cm³/mol. The molecular formula is C21H20N2O4. The van der Waals surface area contributed by atoms with E-state index in [4.69, 9.17) is 15.2 Å². The minimum atomic E-state index is -0.631. The summed E-state index contributed by atoms with van der Waals surface area (Å²) in [5.41, 5.74) is 7.07. The first-order valence-corrected chi connectivity index (χ1v) is 8.36. The number of primary amides is 1. The minimum Gasteiger partial charge on any atom is -0.496 e. The van der Waals surface area contributed by atoms with E-state index in [0.717, 1.165) is 5.56 Å². The maximum absolute atomic E-state index is 12.9. The Morgan fingerprint density at radius 3 is 2.00 bits per heavy atom. The third-order valence-corrected chi connectivity index (χ3v) is 4.33. The van der Waals surface area contributed by atoms with Crippen LogP contribution in [0.3, 0.4) is 0 Å². The van der Waals surface area contributed by atoms with Gasteiger partial charge in [-0.05, 0) is 29.8 Å². The van der Waals surface area contributed by atoms with Crippen LogP contribution in [0.5, 0.6) is 11.5 Å². The van der Waals surface area contributed by atoms with Crippen LogP contribution in [0, 0.1) is 0 Å². The number of benzene rings is 3. The van der Waals surface area contributed by atoms with E-state index in [2.05, 4.69) is 5.32 Å². The first-order valence-electron chi connectivity index (χ1n) is 8.36. The topological polar surface area (TPSA) is 90.7 Å². The van der Waals surface area contributed by atoms with Crippen molar-refractivity contribution in [3.63, 3.8) is 0 Å². The highest BCUT2D eigenvalue weighted by molar-refractivity contribution is 6.18. The molecule has 0 saturated carbocycles. The molecule has 3 aromatic carbocycles. The van der Waals surface area contributed by atoms with Gasteiger partial charge in [-0.3, -0.25) is 9.59 Å². The smallest absolute Gasteiger partial charge is 0.252 e. The molecule has 138 valence electrons. The van der Waals surface area contributed by atoms with E-state index in [9.17, 15) is 9.59 Å². The number of carbonyl (C=O) groups is 2. The minimum absolute atomic E-state index is 0.231. The SMILES string of the molecule is COc1ccc(C(N)=O)c2c(C(=O)NCc3ccccc3)ccc(OC)c12. The lowest BCUT2D eigenvalue weighted by Gasteiger charge is -2.16. The summed E-state index contributed by atoms with van der Waals surface area (Å²) in [5.74, 6) is 0.0318. The molecule has 0 aliphatic carbocycles. The Hall–Kier alpha value is -3.54.